The first-order valence-corrected chi connectivity index (χ1v) is 7.76. The van der Waals surface area contributed by atoms with E-state index in [1.54, 1.807) is 11.0 Å². The van der Waals surface area contributed by atoms with Gasteiger partial charge in [0.1, 0.15) is 0 Å². The molecule has 0 aliphatic carbocycles. The minimum absolute atomic E-state index is 0.00139. The lowest BCUT2D eigenvalue weighted by Gasteiger charge is -2.35. The van der Waals surface area contributed by atoms with Crippen molar-refractivity contribution in [3.63, 3.8) is 0 Å². The average molecular weight is 298 g/mol. The number of hydrogen-bond acceptors (Lipinski definition) is 5. The summed E-state index contributed by atoms with van der Waals surface area (Å²) in [6, 6.07) is 4.55. The van der Waals surface area contributed by atoms with E-state index >= 15 is 0 Å². The second-order valence-corrected chi connectivity index (χ2v) is 6.36. The first-order chi connectivity index (χ1) is 9.27. The summed E-state index contributed by atoms with van der Waals surface area (Å²) in [5.74, 6) is 0.0439. The smallest absolute Gasteiger partial charge is 0.238 e. The van der Waals surface area contributed by atoms with Crippen LogP contribution in [0.1, 0.15) is 6.92 Å². The molecule has 1 amide bonds. The fraction of sp³-hybridized carbons (Fsp3) is 0.417. The zero-order valence-electron chi connectivity index (χ0n) is 11.2. The molecule has 1 heterocycles. The van der Waals surface area contributed by atoms with Crippen LogP contribution in [0.2, 0.25) is 0 Å². The van der Waals surface area contributed by atoms with Crippen molar-refractivity contribution >= 4 is 27.3 Å². The summed E-state index contributed by atoms with van der Waals surface area (Å²) in [7, 11) is -3.78. The molecule has 2 rings (SSSR count). The van der Waals surface area contributed by atoms with E-state index in [4.69, 9.17) is 10.9 Å². The second-order valence-electron chi connectivity index (χ2n) is 4.80. The molecule has 1 aliphatic rings. The fourth-order valence-electron chi connectivity index (χ4n) is 2.23. The van der Waals surface area contributed by atoms with E-state index in [0.29, 0.717) is 37.6 Å². The molecular weight excluding hydrogens is 280 g/mol. The van der Waals surface area contributed by atoms with Crippen molar-refractivity contribution in [2.45, 2.75) is 11.8 Å². The van der Waals surface area contributed by atoms with Gasteiger partial charge >= 0.3 is 0 Å². The maximum atomic E-state index is 11.4. The van der Waals surface area contributed by atoms with Crippen molar-refractivity contribution < 1.29 is 13.2 Å². The van der Waals surface area contributed by atoms with Crippen LogP contribution in [-0.2, 0) is 14.8 Å². The summed E-state index contributed by atoms with van der Waals surface area (Å²) in [4.78, 5) is 15.0. The van der Waals surface area contributed by atoms with Crippen LogP contribution in [0.15, 0.2) is 23.1 Å². The molecule has 0 bridgehead atoms. The summed E-state index contributed by atoms with van der Waals surface area (Å²) in [5.41, 5.74) is 6.78. The van der Waals surface area contributed by atoms with Crippen LogP contribution in [0.4, 0.5) is 11.4 Å². The van der Waals surface area contributed by atoms with Gasteiger partial charge < -0.3 is 15.5 Å². The van der Waals surface area contributed by atoms with Crippen LogP contribution in [-0.4, -0.2) is 45.4 Å². The molecule has 0 aromatic heterocycles. The molecule has 1 aromatic carbocycles. The van der Waals surface area contributed by atoms with E-state index in [2.05, 4.69) is 0 Å². The van der Waals surface area contributed by atoms with Gasteiger partial charge in [-0.15, -0.1) is 0 Å². The lowest BCUT2D eigenvalue weighted by atomic mass is 10.2. The van der Waals surface area contributed by atoms with Gasteiger partial charge in [-0.1, -0.05) is 0 Å². The van der Waals surface area contributed by atoms with Crippen molar-refractivity contribution in [3.05, 3.63) is 18.2 Å². The minimum atomic E-state index is -3.78. The number of nitrogens with two attached hydrogens (primary N) is 2. The van der Waals surface area contributed by atoms with Gasteiger partial charge in [-0.25, -0.2) is 13.6 Å². The number of primary sulfonamides is 1. The summed E-state index contributed by atoms with van der Waals surface area (Å²) in [5, 5.41) is 5.13. The molecule has 8 heteroatoms. The van der Waals surface area contributed by atoms with E-state index in [0.717, 1.165) is 0 Å². The molecule has 0 saturated carbocycles. The predicted molar refractivity (Wildman–Crippen MR) is 76.7 cm³/mol. The molecule has 1 aromatic rings. The van der Waals surface area contributed by atoms with Gasteiger partial charge in [0.15, 0.2) is 0 Å². The molecule has 0 spiro atoms. The van der Waals surface area contributed by atoms with Crippen LogP contribution in [0, 0.1) is 0 Å². The first-order valence-electron chi connectivity index (χ1n) is 6.21. The van der Waals surface area contributed by atoms with Gasteiger partial charge in [-0.2, -0.15) is 0 Å². The highest BCUT2D eigenvalue weighted by Crippen LogP contribution is 2.24. The average Bonchev–Trinajstić information content (AvgIpc) is 2.37. The van der Waals surface area contributed by atoms with Crippen LogP contribution < -0.4 is 15.8 Å². The molecule has 0 unspecified atom stereocenters. The maximum absolute atomic E-state index is 11.4. The molecule has 20 heavy (non-hydrogen) atoms. The summed E-state index contributed by atoms with van der Waals surface area (Å²) < 4.78 is 22.8. The van der Waals surface area contributed by atoms with E-state index in [9.17, 15) is 13.2 Å². The predicted octanol–water partition coefficient (Wildman–Crippen LogP) is -0.415. The van der Waals surface area contributed by atoms with Crippen LogP contribution in [0.25, 0.3) is 0 Å². The molecule has 110 valence electrons. The first kappa shape index (κ1) is 14.6. The minimum Gasteiger partial charge on any atom is -0.399 e. The highest BCUT2D eigenvalue weighted by Gasteiger charge is 2.20. The summed E-state index contributed by atoms with van der Waals surface area (Å²) in [6.45, 7) is 4.01. The number of rotatable bonds is 2. The Kier molecular flexibility index (Phi) is 3.87. The Bertz CT molecular complexity index is 622. The SMILES string of the molecule is CC(=O)N1CCN(c2cc(N)cc(S(N)(=O)=O)c2)CC1. The molecule has 4 N–H and O–H groups in total. The zero-order valence-corrected chi connectivity index (χ0v) is 12.1. The Morgan fingerprint density at radius 2 is 1.75 bits per heavy atom. The van der Waals surface area contributed by atoms with Crippen molar-refractivity contribution in [1.29, 1.82) is 0 Å². The number of carbonyl (C=O) groups excluding carboxylic acids is 1. The van der Waals surface area contributed by atoms with Crippen LogP contribution in [0.3, 0.4) is 0 Å². The van der Waals surface area contributed by atoms with E-state index < -0.39 is 10.0 Å². The topological polar surface area (TPSA) is 110 Å². The third kappa shape index (κ3) is 3.20. The number of nitrogen functional groups attached to an aromatic ring is 1. The highest BCUT2D eigenvalue weighted by molar-refractivity contribution is 7.89. The van der Waals surface area contributed by atoms with Crippen molar-refractivity contribution in [3.8, 4) is 0 Å². The quantitative estimate of drug-likeness (QED) is 0.721. The van der Waals surface area contributed by atoms with E-state index in [-0.39, 0.29) is 10.8 Å². The number of amides is 1. The number of sulfonamides is 1. The number of nitrogens with zero attached hydrogens (tertiary/aromatic N) is 2. The Hall–Kier alpha value is -1.80. The summed E-state index contributed by atoms with van der Waals surface area (Å²) in [6.07, 6.45) is 0. The third-order valence-electron chi connectivity index (χ3n) is 3.33. The van der Waals surface area contributed by atoms with Crippen molar-refractivity contribution in [2.75, 3.05) is 36.8 Å². The molecule has 1 aliphatic heterocycles. The molecule has 1 fully saturated rings. The lowest BCUT2D eigenvalue weighted by Crippen LogP contribution is -2.48. The Balaban J connectivity index is 2.22. The van der Waals surface area contributed by atoms with Crippen molar-refractivity contribution in [1.82, 2.24) is 4.90 Å². The fourth-order valence-corrected chi connectivity index (χ4v) is 2.82. The Morgan fingerprint density at radius 1 is 1.15 bits per heavy atom. The van der Waals surface area contributed by atoms with Crippen molar-refractivity contribution in [2.24, 2.45) is 5.14 Å². The second kappa shape index (κ2) is 5.29. The van der Waals surface area contributed by atoms with Crippen LogP contribution in [0.5, 0.6) is 0 Å². The number of hydrogen-bond donors (Lipinski definition) is 2. The number of carbonyl (C=O) groups is 1. The van der Waals surface area contributed by atoms with Gasteiger partial charge in [0.2, 0.25) is 15.9 Å². The van der Waals surface area contributed by atoms with E-state index in [1.165, 1.54) is 19.1 Å². The van der Waals surface area contributed by atoms with Gasteiger partial charge in [0.25, 0.3) is 0 Å². The molecule has 7 nitrogen and oxygen atoms in total. The standard InChI is InChI=1S/C12H18N4O3S/c1-9(17)15-2-4-16(5-3-15)11-6-10(13)7-12(8-11)20(14,18)19/h6-8H,2-5,13H2,1H3,(H2,14,18,19). The Labute approximate surface area is 118 Å². The van der Waals surface area contributed by atoms with Crippen LogP contribution >= 0.6 is 0 Å². The largest absolute Gasteiger partial charge is 0.399 e. The molecule has 1 saturated heterocycles. The molecule has 0 atom stereocenters. The number of anilines is 2. The van der Waals surface area contributed by atoms with E-state index in [1.807, 2.05) is 4.90 Å². The Morgan fingerprint density at radius 3 is 2.25 bits per heavy atom. The monoisotopic (exact) mass is 298 g/mol. The lowest BCUT2D eigenvalue weighted by molar-refractivity contribution is -0.129. The number of piperazine rings is 1. The molecule has 0 radical (unpaired) electrons. The number of benzene rings is 1. The highest BCUT2D eigenvalue weighted by atomic mass is 32.2. The van der Waals surface area contributed by atoms with Gasteiger partial charge in [0.05, 0.1) is 4.90 Å². The summed E-state index contributed by atoms with van der Waals surface area (Å²) >= 11 is 0. The zero-order chi connectivity index (χ0) is 14.9. The van der Waals surface area contributed by atoms with Gasteiger partial charge in [-0.3, -0.25) is 4.79 Å². The van der Waals surface area contributed by atoms with Gasteiger partial charge in [-0.05, 0) is 18.2 Å². The van der Waals surface area contributed by atoms with Gasteiger partial charge in [0, 0.05) is 44.5 Å². The molecular formula is C12H18N4O3S. The normalized spacial score (nSPS) is 16.3. The maximum Gasteiger partial charge on any atom is 0.238 e. The third-order valence-corrected chi connectivity index (χ3v) is 4.23.